The maximum Gasteiger partial charge on any atom is 0.241 e. The Kier molecular flexibility index (Phi) is 5.90. The van der Waals surface area contributed by atoms with Crippen LogP contribution in [0.2, 0.25) is 0 Å². The minimum absolute atomic E-state index is 0.119. The number of rotatable bonds is 5. The van der Waals surface area contributed by atoms with Crippen LogP contribution in [0.3, 0.4) is 0 Å². The van der Waals surface area contributed by atoms with Gasteiger partial charge in [-0.1, -0.05) is 6.07 Å². The van der Waals surface area contributed by atoms with E-state index in [-0.39, 0.29) is 5.91 Å². The number of aryl methyl sites for hydroxylation is 1. The largest absolute Gasteiger partial charge is 0.340 e. The Morgan fingerprint density at radius 1 is 1.07 bits per heavy atom. The molecule has 0 saturated heterocycles. The van der Waals surface area contributed by atoms with Gasteiger partial charge in [-0.3, -0.25) is 9.78 Å². The van der Waals surface area contributed by atoms with Crippen molar-refractivity contribution in [3.63, 3.8) is 0 Å². The van der Waals surface area contributed by atoms with Crippen molar-refractivity contribution in [3.05, 3.63) is 73.6 Å². The van der Waals surface area contributed by atoms with Gasteiger partial charge >= 0.3 is 0 Å². The van der Waals surface area contributed by atoms with Gasteiger partial charge in [-0.25, -0.2) is 5.43 Å². The summed E-state index contributed by atoms with van der Waals surface area (Å²) in [5.41, 5.74) is 5.72. The molecule has 7 heteroatoms. The highest BCUT2D eigenvalue weighted by atomic mass is 127. The molecular weight excluding hydrogens is 578 g/mol. The number of aromatic nitrogens is 2. The summed E-state index contributed by atoms with van der Waals surface area (Å²) in [7, 11) is 0. The van der Waals surface area contributed by atoms with Crippen LogP contribution in [0, 0.1) is 7.14 Å². The second kappa shape index (κ2) is 8.56. The van der Waals surface area contributed by atoms with Gasteiger partial charge in [-0.05, 0) is 87.6 Å². The van der Waals surface area contributed by atoms with E-state index in [1.807, 2.05) is 12.1 Å². The average Bonchev–Trinajstić information content (AvgIpc) is 2.99. The highest BCUT2D eigenvalue weighted by Crippen LogP contribution is 2.31. The first-order valence-corrected chi connectivity index (χ1v) is 10.9. The topological polar surface area (TPSA) is 59.3 Å². The monoisotopic (exact) mass is 594 g/mol. The third-order valence-corrected chi connectivity index (χ3v) is 5.78. The van der Waals surface area contributed by atoms with E-state index < -0.39 is 0 Å². The van der Waals surface area contributed by atoms with Crippen molar-refractivity contribution < 1.29 is 4.79 Å². The summed E-state index contributed by atoms with van der Waals surface area (Å²) in [6.07, 6.45) is 5.33. The fourth-order valence-corrected chi connectivity index (χ4v) is 4.17. The summed E-state index contributed by atoms with van der Waals surface area (Å²) >= 11 is 4.67. The van der Waals surface area contributed by atoms with E-state index in [1.165, 1.54) is 17.9 Å². The summed E-state index contributed by atoms with van der Waals surface area (Å²) in [5.74, 6) is -0.119. The number of carbonyl (C=O) groups excluding carboxylic acids is 1. The smallest absolute Gasteiger partial charge is 0.241 e. The molecule has 0 radical (unpaired) electrons. The van der Waals surface area contributed by atoms with E-state index in [4.69, 9.17) is 0 Å². The molecule has 1 N–H and O–H groups in total. The number of hydrogen-bond donors (Lipinski definition) is 1. The Labute approximate surface area is 189 Å². The van der Waals surface area contributed by atoms with Crippen molar-refractivity contribution >= 4 is 79.1 Å². The summed E-state index contributed by atoms with van der Waals surface area (Å²) in [6, 6.07) is 16.6. The van der Waals surface area contributed by atoms with Crippen molar-refractivity contribution in [2.75, 3.05) is 0 Å². The van der Waals surface area contributed by atoms with Gasteiger partial charge in [0.05, 0.1) is 6.21 Å². The number of benzene rings is 2. The van der Waals surface area contributed by atoms with Crippen LogP contribution in [0.5, 0.6) is 0 Å². The number of fused-ring (bicyclic) bond motifs is 3. The lowest BCUT2D eigenvalue weighted by Gasteiger charge is -2.07. The van der Waals surface area contributed by atoms with Crippen molar-refractivity contribution in [2.45, 2.75) is 13.0 Å². The zero-order valence-corrected chi connectivity index (χ0v) is 19.1. The molecule has 1 amide bonds. The first-order valence-electron chi connectivity index (χ1n) is 8.71. The van der Waals surface area contributed by atoms with Gasteiger partial charge in [0.2, 0.25) is 5.91 Å². The van der Waals surface area contributed by atoms with Crippen molar-refractivity contribution in [2.24, 2.45) is 5.10 Å². The Balaban J connectivity index is 1.54. The standard InChI is InChI=1S/C21H16I2N4O/c22-15-3-5-19-17(10-15)18-11-16(23)4-6-20(18)27(19)9-7-21(28)26-25-13-14-2-1-8-24-12-14/h1-6,8,10-13H,7,9H2,(H,26,28)/b25-13-. The predicted octanol–water partition coefficient (Wildman–Crippen LogP) is 4.94. The number of pyridine rings is 1. The van der Waals surface area contributed by atoms with Crippen LogP contribution in [0.4, 0.5) is 0 Å². The Morgan fingerprint density at radius 2 is 1.75 bits per heavy atom. The van der Waals surface area contributed by atoms with Gasteiger partial charge in [-0.15, -0.1) is 0 Å². The molecule has 140 valence electrons. The number of hydrogen-bond acceptors (Lipinski definition) is 3. The lowest BCUT2D eigenvalue weighted by Crippen LogP contribution is -2.19. The van der Waals surface area contributed by atoms with Crippen molar-refractivity contribution in [3.8, 4) is 0 Å². The van der Waals surface area contributed by atoms with E-state index >= 15 is 0 Å². The van der Waals surface area contributed by atoms with Crippen LogP contribution in [-0.4, -0.2) is 21.7 Å². The van der Waals surface area contributed by atoms with E-state index in [1.54, 1.807) is 18.6 Å². The Bertz CT molecular complexity index is 1130. The highest BCUT2D eigenvalue weighted by Gasteiger charge is 2.12. The molecule has 5 nitrogen and oxygen atoms in total. The first-order chi connectivity index (χ1) is 13.6. The van der Waals surface area contributed by atoms with Gasteiger partial charge in [0.15, 0.2) is 0 Å². The van der Waals surface area contributed by atoms with E-state index in [9.17, 15) is 4.79 Å². The van der Waals surface area contributed by atoms with E-state index in [2.05, 4.69) is 102 Å². The SMILES string of the molecule is O=C(CCn1c2ccc(I)cc2c2cc(I)ccc21)N/N=C\c1cccnc1. The zero-order chi connectivity index (χ0) is 19.5. The first kappa shape index (κ1) is 19.3. The quantitative estimate of drug-likeness (QED) is 0.202. The van der Waals surface area contributed by atoms with Crippen LogP contribution in [-0.2, 0) is 11.3 Å². The zero-order valence-electron chi connectivity index (χ0n) is 14.8. The molecule has 0 unspecified atom stereocenters. The molecule has 0 saturated carbocycles. The molecule has 2 aromatic carbocycles. The van der Waals surface area contributed by atoms with Crippen LogP contribution in [0.1, 0.15) is 12.0 Å². The van der Waals surface area contributed by atoms with Gasteiger partial charge in [0, 0.05) is 59.9 Å². The predicted molar refractivity (Wildman–Crippen MR) is 129 cm³/mol. The van der Waals surface area contributed by atoms with Crippen LogP contribution < -0.4 is 5.43 Å². The molecule has 0 aliphatic carbocycles. The molecule has 2 aromatic heterocycles. The van der Waals surface area contributed by atoms with E-state index in [0.29, 0.717) is 13.0 Å². The lowest BCUT2D eigenvalue weighted by molar-refractivity contribution is -0.121. The molecule has 0 aliphatic heterocycles. The summed E-state index contributed by atoms with van der Waals surface area (Å²) in [5, 5.41) is 6.45. The molecule has 28 heavy (non-hydrogen) atoms. The van der Waals surface area contributed by atoms with Crippen LogP contribution >= 0.6 is 45.2 Å². The van der Waals surface area contributed by atoms with Gasteiger partial charge < -0.3 is 4.57 Å². The summed E-state index contributed by atoms with van der Waals surface area (Å²) in [4.78, 5) is 16.3. The van der Waals surface area contributed by atoms with Crippen LogP contribution in [0.25, 0.3) is 21.8 Å². The second-order valence-corrected chi connectivity index (χ2v) is 8.80. The number of nitrogens with one attached hydrogen (secondary N) is 1. The van der Waals surface area contributed by atoms with Gasteiger partial charge in [0.1, 0.15) is 0 Å². The summed E-state index contributed by atoms with van der Waals surface area (Å²) in [6.45, 7) is 0.593. The molecule has 0 spiro atoms. The minimum Gasteiger partial charge on any atom is -0.340 e. The fourth-order valence-electron chi connectivity index (χ4n) is 3.19. The van der Waals surface area contributed by atoms with Gasteiger partial charge in [0.25, 0.3) is 0 Å². The normalized spacial score (nSPS) is 11.5. The number of hydrazone groups is 1. The molecule has 0 aliphatic rings. The maximum absolute atomic E-state index is 12.3. The third-order valence-electron chi connectivity index (χ3n) is 4.44. The molecule has 2 heterocycles. The lowest BCUT2D eigenvalue weighted by atomic mass is 10.2. The molecule has 0 bridgehead atoms. The molecule has 4 rings (SSSR count). The van der Waals surface area contributed by atoms with Crippen molar-refractivity contribution in [1.82, 2.24) is 15.0 Å². The Morgan fingerprint density at radius 3 is 2.36 bits per heavy atom. The fraction of sp³-hybridized carbons (Fsp3) is 0.0952. The average molecular weight is 594 g/mol. The summed E-state index contributed by atoms with van der Waals surface area (Å²) < 4.78 is 4.61. The van der Waals surface area contributed by atoms with Gasteiger partial charge in [-0.2, -0.15) is 5.10 Å². The molecule has 0 atom stereocenters. The number of amides is 1. The molecule has 0 fully saturated rings. The minimum atomic E-state index is -0.119. The number of nitrogens with zero attached hydrogens (tertiary/aromatic N) is 3. The number of halogens is 2. The van der Waals surface area contributed by atoms with Crippen LogP contribution in [0.15, 0.2) is 66.0 Å². The third kappa shape index (κ3) is 4.19. The Hall–Kier alpha value is -2.01. The van der Waals surface area contributed by atoms with Crippen molar-refractivity contribution in [1.29, 1.82) is 0 Å². The molecule has 4 aromatic rings. The second-order valence-electron chi connectivity index (χ2n) is 6.30. The highest BCUT2D eigenvalue weighted by molar-refractivity contribution is 14.1. The molecular formula is C21H16I2N4O. The maximum atomic E-state index is 12.3. The van der Waals surface area contributed by atoms with E-state index in [0.717, 1.165) is 16.6 Å². The number of carbonyl (C=O) groups is 1.